The van der Waals surface area contributed by atoms with Crippen molar-refractivity contribution >= 4 is 41.4 Å². The van der Waals surface area contributed by atoms with Crippen molar-refractivity contribution in [1.29, 1.82) is 0 Å². The van der Waals surface area contributed by atoms with Gasteiger partial charge in [-0.3, -0.25) is 9.59 Å². The number of rotatable bonds is 7. The summed E-state index contributed by atoms with van der Waals surface area (Å²) >= 11 is 12.4. The first-order valence-corrected chi connectivity index (χ1v) is 11.0. The molecule has 2 aromatic rings. The maximum Gasteiger partial charge on any atom is 0.304 e. The highest BCUT2D eigenvalue weighted by Crippen LogP contribution is 2.52. The summed E-state index contributed by atoms with van der Waals surface area (Å²) in [6, 6.07) is 13.4. The summed E-state index contributed by atoms with van der Waals surface area (Å²) in [4.78, 5) is 38.9. The third-order valence-corrected chi connectivity index (χ3v) is 6.55. The second kappa shape index (κ2) is 9.41. The van der Waals surface area contributed by atoms with Crippen molar-refractivity contribution < 1.29 is 19.5 Å². The molecule has 1 N–H and O–H groups in total. The van der Waals surface area contributed by atoms with Gasteiger partial charge in [0.15, 0.2) is 0 Å². The van der Waals surface area contributed by atoms with Crippen LogP contribution in [0.4, 0.5) is 0 Å². The maximum absolute atomic E-state index is 13.7. The molecule has 1 aliphatic heterocycles. The first-order valence-electron chi connectivity index (χ1n) is 10.2. The summed E-state index contributed by atoms with van der Waals surface area (Å²) in [6.07, 6.45) is 1.19. The van der Waals surface area contributed by atoms with Crippen molar-refractivity contribution in [2.45, 2.75) is 51.1 Å². The van der Waals surface area contributed by atoms with Gasteiger partial charge in [-0.05, 0) is 48.2 Å². The van der Waals surface area contributed by atoms with Crippen LogP contribution in [-0.4, -0.2) is 34.2 Å². The van der Waals surface area contributed by atoms with Gasteiger partial charge in [0.1, 0.15) is 6.29 Å². The fraction of sp³-hybridized carbons (Fsp3) is 0.375. The van der Waals surface area contributed by atoms with Crippen molar-refractivity contribution in [3.63, 3.8) is 0 Å². The molecule has 2 aromatic carbocycles. The number of likely N-dealkylation sites (tertiary alicyclic amines) is 1. The van der Waals surface area contributed by atoms with Gasteiger partial charge >= 0.3 is 5.97 Å². The van der Waals surface area contributed by atoms with Gasteiger partial charge in [0, 0.05) is 16.0 Å². The summed E-state index contributed by atoms with van der Waals surface area (Å²) in [5.74, 6) is -1.63. The number of nitrogens with zero attached hydrogens (tertiary/aromatic N) is 1. The molecular formula is C24H25Cl2NO4. The third-order valence-electron chi connectivity index (χ3n) is 6.06. The van der Waals surface area contributed by atoms with Crippen molar-refractivity contribution in [2.24, 2.45) is 5.41 Å². The Morgan fingerprint density at radius 1 is 1.19 bits per heavy atom. The second-order valence-electron chi connectivity index (χ2n) is 8.32. The minimum Gasteiger partial charge on any atom is -0.481 e. The van der Waals surface area contributed by atoms with Gasteiger partial charge in [-0.1, -0.05) is 61.3 Å². The number of halogens is 2. The normalized spacial score (nSPS) is 24.6. The molecule has 164 valence electrons. The fourth-order valence-corrected chi connectivity index (χ4v) is 4.93. The molecule has 1 fully saturated rings. The van der Waals surface area contributed by atoms with Gasteiger partial charge in [0.05, 0.1) is 23.9 Å². The Hall–Kier alpha value is -2.37. The van der Waals surface area contributed by atoms with E-state index >= 15 is 0 Å². The van der Waals surface area contributed by atoms with E-state index in [-0.39, 0.29) is 18.2 Å². The maximum atomic E-state index is 13.7. The highest BCUT2D eigenvalue weighted by atomic mass is 35.5. The van der Waals surface area contributed by atoms with Crippen LogP contribution in [0, 0.1) is 5.41 Å². The van der Waals surface area contributed by atoms with Crippen LogP contribution in [0.2, 0.25) is 10.0 Å². The number of piperidine rings is 1. The second-order valence-corrected chi connectivity index (χ2v) is 9.19. The van der Waals surface area contributed by atoms with Gasteiger partial charge in [-0.2, -0.15) is 0 Å². The molecule has 0 unspecified atom stereocenters. The molecule has 1 amide bonds. The molecule has 0 saturated carbocycles. The monoisotopic (exact) mass is 461 g/mol. The first kappa shape index (κ1) is 23.3. The van der Waals surface area contributed by atoms with Gasteiger partial charge in [-0.15, -0.1) is 0 Å². The lowest BCUT2D eigenvalue weighted by Crippen LogP contribution is -2.56. The lowest BCUT2D eigenvalue weighted by atomic mass is 9.67. The Kier molecular flexibility index (Phi) is 7.07. The fourth-order valence-electron chi connectivity index (χ4n) is 4.60. The zero-order valence-corrected chi connectivity index (χ0v) is 18.9. The highest BCUT2D eigenvalue weighted by Gasteiger charge is 2.52. The van der Waals surface area contributed by atoms with Crippen LogP contribution in [0.5, 0.6) is 0 Å². The predicted octanol–water partition coefficient (Wildman–Crippen LogP) is 5.51. The number of carboxylic acid groups (broad SMARTS) is 1. The molecule has 0 radical (unpaired) electrons. The molecule has 4 atom stereocenters. The van der Waals surface area contributed by atoms with E-state index in [1.54, 1.807) is 30.0 Å². The van der Waals surface area contributed by atoms with Crippen LogP contribution < -0.4 is 0 Å². The minimum atomic E-state index is -1.15. The summed E-state index contributed by atoms with van der Waals surface area (Å²) in [5.41, 5.74) is 0.570. The third kappa shape index (κ3) is 4.78. The van der Waals surface area contributed by atoms with Crippen LogP contribution >= 0.6 is 23.2 Å². The number of carbonyl (C=O) groups excluding carboxylic acids is 2. The summed E-state index contributed by atoms with van der Waals surface area (Å²) in [5, 5.41) is 10.6. The number of hydrogen-bond donors (Lipinski definition) is 1. The molecule has 1 heterocycles. The molecule has 0 spiro atoms. The van der Waals surface area contributed by atoms with E-state index in [0.29, 0.717) is 22.9 Å². The largest absolute Gasteiger partial charge is 0.481 e. The van der Waals surface area contributed by atoms with E-state index < -0.39 is 23.5 Å². The van der Waals surface area contributed by atoms with Crippen LogP contribution in [0.25, 0.3) is 0 Å². The van der Waals surface area contributed by atoms with Crippen LogP contribution in [0.15, 0.2) is 48.5 Å². The molecular weight excluding hydrogens is 437 g/mol. The summed E-state index contributed by atoms with van der Waals surface area (Å²) in [6.45, 7) is 3.51. The Bertz CT molecular complexity index is 978. The smallest absolute Gasteiger partial charge is 0.304 e. The van der Waals surface area contributed by atoms with Crippen LogP contribution in [-0.2, 0) is 14.4 Å². The van der Waals surface area contributed by atoms with Gasteiger partial charge in [0.25, 0.3) is 0 Å². The quantitative estimate of drug-likeness (QED) is 0.551. The highest BCUT2D eigenvalue weighted by molar-refractivity contribution is 6.30. The number of carboxylic acids is 1. The number of aliphatic carboxylic acids is 1. The topological polar surface area (TPSA) is 74.7 Å². The van der Waals surface area contributed by atoms with Gasteiger partial charge < -0.3 is 14.8 Å². The molecule has 0 bridgehead atoms. The minimum absolute atomic E-state index is 0.254. The molecule has 3 rings (SSSR count). The SMILES string of the molecule is CC[C@@H](C=O)N1C(=O)[C@](C)(CC(=O)O)C[C@H](c2cccc(Cl)c2)[C@H]1c1ccc(Cl)cc1. The average Bonchev–Trinajstić information content (AvgIpc) is 2.72. The van der Waals surface area contributed by atoms with Crippen molar-refractivity contribution in [1.82, 2.24) is 4.90 Å². The number of carbonyl (C=O) groups is 3. The van der Waals surface area contributed by atoms with Gasteiger partial charge in [-0.25, -0.2) is 0 Å². The van der Waals surface area contributed by atoms with Crippen molar-refractivity contribution in [3.8, 4) is 0 Å². The molecule has 7 heteroatoms. The van der Waals surface area contributed by atoms with E-state index in [1.807, 2.05) is 37.3 Å². The Labute approximate surface area is 192 Å². The van der Waals surface area contributed by atoms with Crippen molar-refractivity contribution in [3.05, 3.63) is 69.7 Å². The molecule has 5 nitrogen and oxygen atoms in total. The lowest BCUT2D eigenvalue weighted by Gasteiger charge is -2.50. The number of aldehydes is 1. The van der Waals surface area contributed by atoms with Crippen molar-refractivity contribution in [2.75, 3.05) is 0 Å². The van der Waals surface area contributed by atoms with E-state index in [0.717, 1.165) is 17.4 Å². The molecule has 31 heavy (non-hydrogen) atoms. The van der Waals surface area contributed by atoms with E-state index in [9.17, 15) is 19.5 Å². The molecule has 0 aliphatic carbocycles. The average molecular weight is 462 g/mol. The molecule has 1 aliphatic rings. The molecule has 0 aromatic heterocycles. The zero-order valence-electron chi connectivity index (χ0n) is 17.4. The lowest BCUT2D eigenvalue weighted by molar-refractivity contribution is -0.161. The molecule has 1 saturated heterocycles. The zero-order chi connectivity index (χ0) is 22.8. The van der Waals surface area contributed by atoms with Crippen LogP contribution in [0.3, 0.4) is 0 Å². The summed E-state index contributed by atoms with van der Waals surface area (Å²) in [7, 11) is 0. The van der Waals surface area contributed by atoms with E-state index in [4.69, 9.17) is 23.2 Å². The Morgan fingerprint density at radius 3 is 2.42 bits per heavy atom. The van der Waals surface area contributed by atoms with Crippen LogP contribution in [0.1, 0.15) is 56.2 Å². The standard InChI is InChI=1S/C24H25Cl2NO4/c1-3-19(14-28)27-22(15-7-9-17(25)10-8-15)20(16-5-4-6-18(26)11-16)12-24(2,23(27)31)13-21(29)30/h4-11,14,19-20,22H,3,12-13H2,1-2H3,(H,29,30)/t19-,20+,22+,24-/m0/s1. The predicted molar refractivity (Wildman–Crippen MR) is 120 cm³/mol. The number of amides is 1. The number of hydrogen-bond acceptors (Lipinski definition) is 3. The Morgan fingerprint density at radius 2 is 1.87 bits per heavy atom. The first-order chi connectivity index (χ1) is 14.7. The van der Waals surface area contributed by atoms with Gasteiger partial charge in [0.2, 0.25) is 5.91 Å². The Balaban J connectivity index is 2.23. The number of benzene rings is 2. The van der Waals surface area contributed by atoms with E-state index in [2.05, 4.69) is 0 Å². The summed E-state index contributed by atoms with van der Waals surface area (Å²) < 4.78 is 0. The van der Waals surface area contributed by atoms with E-state index in [1.165, 1.54) is 0 Å².